The monoisotopic (exact) mass is 380 g/mol. The minimum atomic E-state index is -0.324. The van der Waals surface area contributed by atoms with Crippen LogP contribution in [-0.2, 0) is 11.3 Å². The lowest BCUT2D eigenvalue weighted by molar-refractivity contribution is 0.0937. The SMILES string of the molecule is COCCCNC(=O)c1nc(C(=O)NCc2ccccc2C)c2ccccn12. The van der Waals surface area contributed by atoms with Crippen molar-refractivity contribution in [1.29, 1.82) is 0 Å². The fourth-order valence-corrected chi connectivity index (χ4v) is 2.93. The number of hydrogen-bond donors (Lipinski definition) is 2. The zero-order valence-corrected chi connectivity index (χ0v) is 16.1. The minimum Gasteiger partial charge on any atom is -0.385 e. The van der Waals surface area contributed by atoms with Gasteiger partial charge in [0.15, 0.2) is 5.69 Å². The lowest BCUT2D eigenvalue weighted by Crippen LogP contribution is -2.27. The molecule has 0 atom stereocenters. The van der Waals surface area contributed by atoms with E-state index >= 15 is 0 Å². The number of imidazole rings is 1. The van der Waals surface area contributed by atoms with Gasteiger partial charge >= 0.3 is 0 Å². The molecule has 2 aromatic heterocycles. The van der Waals surface area contributed by atoms with Crippen molar-refractivity contribution in [2.75, 3.05) is 20.3 Å². The third-order valence-corrected chi connectivity index (χ3v) is 4.48. The van der Waals surface area contributed by atoms with Crippen molar-refractivity contribution in [3.8, 4) is 0 Å². The Bertz CT molecular complexity index is 981. The van der Waals surface area contributed by atoms with Gasteiger partial charge in [0.25, 0.3) is 11.8 Å². The largest absolute Gasteiger partial charge is 0.385 e. The second kappa shape index (κ2) is 9.14. The highest BCUT2D eigenvalue weighted by molar-refractivity contribution is 6.02. The van der Waals surface area contributed by atoms with Crippen LogP contribution in [0.15, 0.2) is 48.7 Å². The van der Waals surface area contributed by atoms with Gasteiger partial charge in [0.2, 0.25) is 5.82 Å². The molecule has 7 heteroatoms. The number of pyridine rings is 1. The molecule has 7 nitrogen and oxygen atoms in total. The van der Waals surface area contributed by atoms with Crippen LogP contribution in [0, 0.1) is 6.92 Å². The summed E-state index contributed by atoms with van der Waals surface area (Å²) >= 11 is 0. The predicted molar refractivity (Wildman–Crippen MR) is 106 cm³/mol. The number of amides is 2. The maximum Gasteiger partial charge on any atom is 0.287 e. The van der Waals surface area contributed by atoms with Gasteiger partial charge in [-0.05, 0) is 36.6 Å². The van der Waals surface area contributed by atoms with Gasteiger partial charge in [-0.25, -0.2) is 4.98 Å². The van der Waals surface area contributed by atoms with E-state index in [0.717, 1.165) is 11.1 Å². The lowest BCUT2D eigenvalue weighted by atomic mass is 10.1. The first-order valence-electron chi connectivity index (χ1n) is 9.18. The predicted octanol–water partition coefficient (Wildman–Crippen LogP) is 2.34. The quantitative estimate of drug-likeness (QED) is 0.588. The van der Waals surface area contributed by atoms with Gasteiger partial charge in [-0.1, -0.05) is 30.3 Å². The summed E-state index contributed by atoms with van der Waals surface area (Å²) in [5, 5.41) is 5.71. The summed E-state index contributed by atoms with van der Waals surface area (Å²) in [6, 6.07) is 13.3. The number of ether oxygens (including phenoxy) is 1. The van der Waals surface area contributed by atoms with Crippen molar-refractivity contribution in [3.63, 3.8) is 0 Å². The first-order chi connectivity index (χ1) is 13.6. The number of aromatic nitrogens is 2. The second-order valence-electron chi connectivity index (χ2n) is 6.45. The second-order valence-corrected chi connectivity index (χ2v) is 6.45. The van der Waals surface area contributed by atoms with E-state index < -0.39 is 0 Å². The Labute approximate surface area is 163 Å². The van der Waals surface area contributed by atoms with E-state index in [2.05, 4.69) is 15.6 Å². The third-order valence-electron chi connectivity index (χ3n) is 4.48. The van der Waals surface area contributed by atoms with Crippen molar-refractivity contribution in [2.45, 2.75) is 19.9 Å². The Morgan fingerprint density at radius 1 is 1.07 bits per heavy atom. The van der Waals surface area contributed by atoms with Crippen LogP contribution in [0.2, 0.25) is 0 Å². The van der Waals surface area contributed by atoms with Crippen LogP contribution < -0.4 is 10.6 Å². The number of fused-ring (bicyclic) bond motifs is 1. The van der Waals surface area contributed by atoms with E-state index in [4.69, 9.17) is 4.74 Å². The van der Waals surface area contributed by atoms with E-state index in [0.29, 0.717) is 31.6 Å². The molecule has 28 heavy (non-hydrogen) atoms. The average Bonchev–Trinajstić information content (AvgIpc) is 3.10. The van der Waals surface area contributed by atoms with Crippen molar-refractivity contribution in [1.82, 2.24) is 20.0 Å². The molecule has 2 amide bonds. The number of rotatable bonds is 8. The van der Waals surface area contributed by atoms with Gasteiger partial charge in [-0.3, -0.25) is 14.0 Å². The molecule has 0 saturated carbocycles. The standard InChI is InChI=1S/C21H24N4O3/c1-15-8-3-4-9-16(15)14-23-20(26)18-17-10-5-6-12-25(17)19(24-18)21(27)22-11-7-13-28-2/h3-6,8-10,12H,7,11,13-14H2,1-2H3,(H,22,27)(H,23,26). The van der Waals surface area contributed by atoms with Crippen molar-refractivity contribution >= 4 is 17.3 Å². The van der Waals surface area contributed by atoms with E-state index in [1.807, 2.05) is 37.3 Å². The normalized spacial score (nSPS) is 10.8. The van der Waals surface area contributed by atoms with Crippen LogP contribution in [-0.4, -0.2) is 41.5 Å². The minimum absolute atomic E-state index is 0.189. The fraction of sp³-hybridized carbons (Fsp3) is 0.286. The molecular weight excluding hydrogens is 356 g/mol. The summed E-state index contributed by atoms with van der Waals surface area (Å²) in [5.41, 5.74) is 2.96. The number of aryl methyl sites for hydroxylation is 1. The highest BCUT2D eigenvalue weighted by Crippen LogP contribution is 2.14. The summed E-state index contributed by atoms with van der Waals surface area (Å²) in [5.74, 6) is -0.449. The Balaban J connectivity index is 1.78. The summed E-state index contributed by atoms with van der Waals surface area (Å²) in [6.07, 6.45) is 2.43. The van der Waals surface area contributed by atoms with Gasteiger partial charge in [0, 0.05) is 33.0 Å². The molecule has 3 rings (SSSR count). The van der Waals surface area contributed by atoms with Gasteiger partial charge < -0.3 is 15.4 Å². The summed E-state index contributed by atoms with van der Waals surface area (Å²) in [4.78, 5) is 29.6. The van der Waals surface area contributed by atoms with Crippen LogP contribution in [0.4, 0.5) is 0 Å². The summed E-state index contributed by atoms with van der Waals surface area (Å²) in [7, 11) is 1.62. The molecule has 0 aliphatic heterocycles. The molecule has 3 aromatic rings. The van der Waals surface area contributed by atoms with Crippen LogP contribution in [0.5, 0.6) is 0 Å². The van der Waals surface area contributed by atoms with E-state index in [9.17, 15) is 9.59 Å². The maximum absolute atomic E-state index is 12.7. The van der Waals surface area contributed by atoms with E-state index in [1.54, 1.807) is 29.8 Å². The van der Waals surface area contributed by atoms with Crippen LogP contribution in [0.3, 0.4) is 0 Å². The zero-order chi connectivity index (χ0) is 19.9. The molecule has 146 valence electrons. The summed E-state index contributed by atoms with van der Waals surface area (Å²) in [6.45, 7) is 3.44. The number of carbonyl (C=O) groups excluding carboxylic acids is 2. The number of nitrogens with zero attached hydrogens (tertiary/aromatic N) is 2. The number of methoxy groups -OCH3 is 1. The van der Waals surface area contributed by atoms with Gasteiger partial charge in [0.05, 0.1) is 5.52 Å². The molecule has 2 N–H and O–H groups in total. The number of hydrogen-bond acceptors (Lipinski definition) is 4. The fourth-order valence-electron chi connectivity index (χ4n) is 2.93. The molecule has 2 heterocycles. The highest BCUT2D eigenvalue weighted by atomic mass is 16.5. The highest BCUT2D eigenvalue weighted by Gasteiger charge is 2.21. The first-order valence-corrected chi connectivity index (χ1v) is 9.18. The lowest BCUT2D eigenvalue weighted by Gasteiger charge is -2.06. The van der Waals surface area contributed by atoms with Gasteiger partial charge in [0.1, 0.15) is 0 Å². The summed E-state index contributed by atoms with van der Waals surface area (Å²) < 4.78 is 6.62. The molecule has 0 aliphatic carbocycles. The van der Waals surface area contributed by atoms with Crippen LogP contribution in [0.25, 0.3) is 5.52 Å². The Morgan fingerprint density at radius 3 is 2.64 bits per heavy atom. The molecule has 0 radical (unpaired) electrons. The first kappa shape index (κ1) is 19.6. The van der Waals surface area contributed by atoms with Gasteiger partial charge in [-0.2, -0.15) is 0 Å². The average molecular weight is 380 g/mol. The van der Waals surface area contributed by atoms with Gasteiger partial charge in [-0.15, -0.1) is 0 Å². The number of benzene rings is 1. The Hall–Kier alpha value is -3.19. The molecule has 0 saturated heterocycles. The van der Waals surface area contributed by atoms with Crippen molar-refractivity contribution in [3.05, 3.63) is 71.3 Å². The maximum atomic E-state index is 12.7. The topological polar surface area (TPSA) is 84.7 Å². The van der Waals surface area contributed by atoms with Crippen LogP contribution in [0.1, 0.15) is 38.7 Å². The zero-order valence-electron chi connectivity index (χ0n) is 16.1. The molecule has 0 spiro atoms. The van der Waals surface area contributed by atoms with Crippen molar-refractivity contribution in [2.24, 2.45) is 0 Å². The van der Waals surface area contributed by atoms with Crippen LogP contribution >= 0.6 is 0 Å². The van der Waals surface area contributed by atoms with E-state index in [-0.39, 0.29) is 23.3 Å². The smallest absolute Gasteiger partial charge is 0.287 e. The molecular formula is C21H24N4O3. The van der Waals surface area contributed by atoms with Crippen molar-refractivity contribution < 1.29 is 14.3 Å². The molecule has 0 unspecified atom stereocenters. The number of nitrogens with one attached hydrogen (secondary N) is 2. The Morgan fingerprint density at radius 2 is 1.86 bits per heavy atom. The number of carbonyl (C=O) groups is 2. The third kappa shape index (κ3) is 4.37. The molecule has 1 aromatic carbocycles. The molecule has 0 fully saturated rings. The molecule has 0 bridgehead atoms. The Kier molecular flexibility index (Phi) is 6.39. The molecule has 0 aliphatic rings. The van der Waals surface area contributed by atoms with E-state index in [1.165, 1.54) is 0 Å².